The van der Waals surface area contributed by atoms with E-state index in [4.69, 9.17) is 14.2 Å². The van der Waals surface area contributed by atoms with Gasteiger partial charge in [0.15, 0.2) is 0 Å². The van der Waals surface area contributed by atoms with Crippen LogP contribution in [0.5, 0.6) is 0 Å². The molecule has 2 saturated heterocycles. The Morgan fingerprint density at radius 2 is 2.12 bits per heavy atom. The zero-order valence-corrected chi connectivity index (χ0v) is 10.7. The number of amides is 1. The van der Waals surface area contributed by atoms with Crippen LogP contribution >= 0.6 is 0 Å². The van der Waals surface area contributed by atoms with Crippen LogP contribution in [0, 0.1) is 5.92 Å². The number of alkyl carbamates (subject to hydrolysis) is 1. The van der Waals surface area contributed by atoms with Gasteiger partial charge in [-0.15, -0.1) is 0 Å². The van der Waals surface area contributed by atoms with Gasteiger partial charge in [0.1, 0.15) is 11.7 Å². The van der Waals surface area contributed by atoms with Crippen molar-refractivity contribution in [1.29, 1.82) is 0 Å². The molecule has 2 aliphatic heterocycles. The van der Waals surface area contributed by atoms with Crippen LogP contribution in [0.1, 0.15) is 27.2 Å². The normalized spacial score (nSPS) is 32.3. The Kier molecular flexibility index (Phi) is 3.58. The van der Waals surface area contributed by atoms with Crippen molar-refractivity contribution in [3.05, 3.63) is 0 Å². The standard InChI is InChI=1S/C12H21NO4/c1-12(2,3)17-11(14)13-6-8-4-5-15-10(8)9-7-16-9/h8-10H,4-7H2,1-3H3,(H,13,14)/t8-,9?,10+/m0/s1. The first-order chi connectivity index (χ1) is 7.96. The first-order valence-electron chi connectivity index (χ1n) is 6.16. The van der Waals surface area contributed by atoms with Crippen LogP contribution in [-0.2, 0) is 14.2 Å². The molecule has 2 heterocycles. The number of hydrogen-bond donors (Lipinski definition) is 1. The van der Waals surface area contributed by atoms with Crippen LogP contribution in [0.4, 0.5) is 4.79 Å². The van der Waals surface area contributed by atoms with Gasteiger partial charge in [-0.3, -0.25) is 0 Å². The summed E-state index contributed by atoms with van der Waals surface area (Å²) in [7, 11) is 0. The number of hydrogen-bond acceptors (Lipinski definition) is 4. The van der Waals surface area contributed by atoms with Gasteiger partial charge in [0.25, 0.3) is 0 Å². The van der Waals surface area contributed by atoms with Gasteiger partial charge in [-0.2, -0.15) is 0 Å². The molecule has 0 bridgehead atoms. The smallest absolute Gasteiger partial charge is 0.407 e. The molecule has 2 fully saturated rings. The monoisotopic (exact) mass is 243 g/mol. The third kappa shape index (κ3) is 3.85. The summed E-state index contributed by atoms with van der Waals surface area (Å²) in [4.78, 5) is 11.5. The van der Waals surface area contributed by atoms with E-state index in [0.717, 1.165) is 19.6 Å². The Morgan fingerprint density at radius 1 is 1.41 bits per heavy atom. The largest absolute Gasteiger partial charge is 0.444 e. The Bertz CT molecular complexity index is 283. The lowest BCUT2D eigenvalue weighted by Gasteiger charge is -2.21. The molecule has 0 radical (unpaired) electrons. The maximum Gasteiger partial charge on any atom is 0.407 e. The van der Waals surface area contributed by atoms with E-state index in [-0.39, 0.29) is 18.3 Å². The molecule has 2 aliphatic rings. The van der Waals surface area contributed by atoms with Crippen molar-refractivity contribution in [2.24, 2.45) is 5.92 Å². The second-order valence-electron chi connectivity index (χ2n) is 5.64. The number of carbonyl (C=O) groups excluding carboxylic acids is 1. The topological polar surface area (TPSA) is 60.1 Å². The number of rotatable bonds is 3. The molecule has 17 heavy (non-hydrogen) atoms. The van der Waals surface area contributed by atoms with E-state index >= 15 is 0 Å². The highest BCUT2D eigenvalue weighted by Gasteiger charge is 2.42. The second-order valence-corrected chi connectivity index (χ2v) is 5.64. The van der Waals surface area contributed by atoms with Gasteiger partial charge in [-0.05, 0) is 27.2 Å². The van der Waals surface area contributed by atoms with Gasteiger partial charge in [0.05, 0.1) is 12.7 Å². The fraction of sp³-hybridized carbons (Fsp3) is 0.917. The van der Waals surface area contributed by atoms with Gasteiger partial charge in [0.2, 0.25) is 0 Å². The van der Waals surface area contributed by atoms with Gasteiger partial charge in [-0.1, -0.05) is 0 Å². The first kappa shape index (κ1) is 12.6. The molecule has 98 valence electrons. The van der Waals surface area contributed by atoms with E-state index in [1.807, 2.05) is 20.8 Å². The van der Waals surface area contributed by atoms with Gasteiger partial charge in [0, 0.05) is 19.1 Å². The third-order valence-electron chi connectivity index (χ3n) is 2.90. The molecule has 0 aromatic heterocycles. The SMILES string of the molecule is CC(C)(C)OC(=O)NC[C@@H]1CCO[C@H]1C1CO1. The fourth-order valence-electron chi connectivity index (χ4n) is 2.06. The summed E-state index contributed by atoms with van der Waals surface area (Å²) < 4.78 is 16.0. The van der Waals surface area contributed by atoms with Crippen LogP contribution in [0.3, 0.4) is 0 Å². The maximum atomic E-state index is 11.5. The van der Waals surface area contributed by atoms with E-state index in [0.29, 0.717) is 12.5 Å². The van der Waals surface area contributed by atoms with Crippen molar-refractivity contribution >= 4 is 6.09 Å². The number of carbonyl (C=O) groups is 1. The molecule has 0 aromatic carbocycles. The summed E-state index contributed by atoms with van der Waals surface area (Å²) in [6, 6.07) is 0. The van der Waals surface area contributed by atoms with Crippen LogP contribution in [0.25, 0.3) is 0 Å². The van der Waals surface area contributed by atoms with Crippen LogP contribution in [-0.4, -0.2) is 43.7 Å². The Morgan fingerprint density at radius 3 is 2.71 bits per heavy atom. The Labute approximate surface area is 102 Å². The maximum absolute atomic E-state index is 11.5. The molecule has 1 unspecified atom stereocenters. The van der Waals surface area contributed by atoms with Crippen molar-refractivity contribution in [3.63, 3.8) is 0 Å². The summed E-state index contributed by atoms with van der Waals surface area (Å²) in [5, 5.41) is 2.80. The summed E-state index contributed by atoms with van der Waals surface area (Å²) in [5.74, 6) is 0.343. The zero-order chi connectivity index (χ0) is 12.5. The molecule has 0 aliphatic carbocycles. The lowest BCUT2D eigenvalue weighted by molar-refractivity contribution is 0.0467. The van der Waals surface area contributed by atoms with Crippen molar-refractivity contribution in [2.45, 2.75) is 45.0 Å². The molecule has 2 rings (SSSR count). The third-order valence-corrected chi connectivity index (χ3v) is 2.90. The van der Waals surface area contributed by atoms with Gasteiger partial charge >= 0.3 is 6.09 Å². The van der Waals surface area contributed by atoms with Crippen LogP contribution in [0.2, 0.25) is 0 Å². The van der Waals surface area contributed by atoms with Crippen LogP contribution in [0.15, 0.2) is 0 Å². The highest BCUT2D eigenvalue weighted by atomic mass is 16.6. The van der Waals surface area contributed by atoms with Gasteiger partial charge in [-0.25, -0.2) is 4.79 Å². The van der Waals surface area contributed by atoms with E-state index in [1.165, 1.54) is 0 Å². The number of ether oxygens (including phenoxy) is 3. The molecule has 0 saturated carbocycles. The average Bonchev–Trinajstić information content (AvgIpc) is 2.92. The van der Waals surface area contributed by atoms with Crippen molar-refractivity contribution < 1.29 is 19.0 Å². The first-order valence-corrected chi connectivity index (χ1v) is 6.16. The summed E-state index contributed by atoms with van der Waals surface area (Å²) >= 11 is 0. The van der Waals surface area contributed by atoms with Crippen molar-refractivity contribution in [3.8, 4) is 0 Å². The number of nitrogens with one attached hydrogen (secondary N) is 1. The molecule has 5 heteroatoms. The van der Waals surface area contributed by atoms with E-state index in [2.05, 4.69) is 5.32 Å². The highest BCUT2D eigenvalue weighted by molar-refractivity contribution is 5.67. The summed E-state index contributed by atoms with van der Waals surface area (Å²) in [6.45, 7) is 7.70. The second kappa shape index (κ2) is 4.82. The molecular formula is C12H21NO4. The minimum Gasteiger partial charge on any atom is -0.444 e. The predicted octanol–water partition coefficient (Wildman–Crippen LogP) is 1.31. The molecule has 1 N–H and O–H groups in total. The molecule has 1 amide bonds. The Balaban J connectivity index is 1.72. The predicted molar refractivity (Wildman–Crippen MR) is 61.8 cm³/mol. The number of epoxide rings is 1. The molecule has 5 nitrogen and oxygen atoms in total. The summed E-state index contributed by atoms with van der Waals surface area (Å²) in [6.07, 6.45) is 0.994. The fourth-order valence-corrected chi connectivity index (χ4v) is 2.06. The lowest BCUT2D eigenvalue weighted by atomic mass is 9.99. The lowest BCUT2D eigenvalue weighted by Crippen LogP contribution is -2.38. The zero-order valence-electron chi connectivity index (χ0n) is 10.7. The Hall–Kier alpha value is -0.810. The minimum absolute atomic E-state index is 0.143. The molecular weight excluding hydrogens is 222 g/mol. The highest BCUT2D eigenvalue weighted by Crippen LogP contribution is 2.30. The molecule has 0 aromatic rings. The quantitative estimate of drug-likeness (QED) is 0.759. The van der Waals surface area contributed by atoms with Gasteiger partial charge < -0.3 is 19.5 Å². The summed E-state index contributed by atoms with van der Waals surface area (Å²) in [5.41, 5.74) is -0.449. The van der Waals surface area contributed by atoms with E-state index < -0.39 is 5.60 Å². The van der Waals surface area contributed by atoms with Crippen LogP contribution < -0.4 is 5.32 Å². The van der Waals surface area contributed by atoms with Crippen molar-refractivity contribution in [2.75, 3.05) is 19.8 Å². The molecule has 3 atom stereocenters. The molecule has 0 spiro atoms. The van der Waals surface area contributed by atoms with Crippen molar-refractivity contribution in [1.82, 2.24) is 5.32 Å². The van der Waals surface area contributed by atoms with E-state index in [1.54, 1.807) is 0 Å². The van der Waals surface area contributed by atoms with E-state index in [9.17, 15) is 4.79 Å². The minimum atomic E-state index is -0.449. The average molecular weight is 243 g/mol.